The zero-order chi connectivity index (χ0) is 21.8. The predicted molar refractivity (Wildman–Crippen MR) is 113 cm³/mol. The number of anilines is 1. The maximum absolute atomic E-state index is 12.7. The van der Waals surface area contributed by atoms with Crippen LogP contribution in [0.25, 0.3) is 5.69 Å². The normalized spacial score (nSPS) is 11.6. The minimum absolute atomic E-state index is 0.105. The maximum atomic E-state index is 12.7. The standard InChI is InChI=1S/C23H23N3O4/c1-14-21(15(2)26(25-14)20-11-6-5-7-12-20)23(29)30-17(4)22(28)24-19-10-8-9-18(13-19)16(3)27/h5-13,17H,1-4H3,(H,24,28)/t17-/m1/s1. The SMILES string of the molecule is CC(=O)c1cccc(NC(=O)[C@@H](C)OC(=O)c2c(C)nn(-c3ccccc3)c2C)c1. The van der Waals surface area contributed by atoms with Gasteiger partial charge in [0.2, 0.25) is 0 Å². The van der Waals surface area contributed by atoms with Gasteiger partial charge in [0.15, 0.2) is 11.9 Å². The lowest BCUT2D eigenvalue weighted by Gasteiger charge is -2.14. The summed E-state index contributed by atoms with van der Waals surface area (Å²) in [7, 11) is 0. The monoisotopic (exact) mass is 405 g/mol. The molecular weight excluding hydrogens is 382 g/mol. The van der Waals surface area contributed by atoms with Gasteiger partial charge in [-0.2, -0.15) is 5.10 Å². The van der Waals surface area contributed by atoms with Crippen molar-refractivity contribution in [2.24, 2.45) is 0 Å². The van der Waals surface area contributed by atoms with Gasteiger partial charge in [-0.05, 0) is 52.0 Å². The molecule has 0 aliphatic heterocycles. The third-order valence-corrected chi connectivity index (χ3v) is 4.69. The number of aryl methyl sites for hydroxylation is 1. The molecule has 3 rings (SSSR count). The first-order chi connectivity index (χ1) is 14.3. The zero-order valence-corrected chi connectivity index (χ0v) is 17.3. The molecule has 30 heavy (non-hydrogen) atoms. The fraction of sp³-hybridized carbons (Fsp3) is 0.217. The van der Waals surface area contributed by atoms with Gasteiger partial charge in [-0.3, -0.25) is 9.59 Å². The molecule has 1 heterocycles. The fourth-order valence-corrected chi connectivity index (χ4v) is 3.09. The minimum atomic E-state index is -1.03. The minimum Gasteiger partial charge on any atom is -0.449 e. The van der Waals surface area contributed by atoms with E-state index in [0.29, 0.717) is 28.2 Å². The summed E-state index contributed by atoms with van der Waals surface area (Å²) in [5.74, 6) is -1.21. The maximum Gasteiger partial charge on any atom is 0.342 e. The third kappa shape index (κ3) is 4.46. The number of ketones is 1. The number of hydrogen-bond donors (Lipinski definition) is 1. The summed E-state index contributed by atoms with van der Waals surface area (Å²) in [5.41, 5.74) is 3.25. The number of amides is 1. The summed E-state index contributed by atoms with van der Waals surface area (Å²) in [6.45, 7) is 6.45. The Labute approximate surface area is 174 Å². The van der Waals surface area contributed by atoms with Crippen LogP contribution in [0.2, 0.25) is 0 Å². The van der Waals surface area contributed by atoms with Crippen LogP contribution >= 0.6 is 0 Å². The number of esters is 1. The summed E-state index contributed by atoms with van der Waals surface area (Å²) in [4.78, 5) is 36.7. The molecule has 0 unspecified atom stereocenters. The number of para-hydroxylation sites is 1. The molecule has 0 bridgehead atoms. The molecule has 0 saturated carbocycles. The Morgan fingerprint density at radius 3 is 2.40 bits per heavy atom. The second kappa shape index (κ2) is 8.73. The number of carbonyl (C=O) groups excluding carboxylic acids is 3. The van der Waals surface area contributed by atoms with Crippen molar-refractivity contribution in [1.29, 1.82) is 0 Å². The van der Waals surface area contributed by atoms with Crippen molar-refractivity contribution in [3.05, 3.63) is 77.1 Å². The van der Waals surface area contributed by atoms with E-state index in [-0.39, 0.29) is 5.78 Å². The number of nitrogens with zero attached hydrogens (tertiary/aromatic N) is 2. The summed E-state index contributed by atoms with van der Waals surface area (Å²) < 4.78 is 7.06. The number of hydrogen-bond acceptors (Lipinski definition) is 5. The highest BCUT2D eigenvalue weighted by atomic mass is 16.5. The van der Waals surface area contributed by atoms with E-state index in [1.165, 1.54) is 13.8 Å². The van der Waals surface area contributed by atoms with Crippen LogP contribution in [0.15, 0.2) is 54.6 Å². The number of rotatable bonds is 6. The molecule has 7 heteroatoms. The van der Waals surface area contributed by atoms with E-state index in [4.69, 9.17) is 4.74 Å². The Balaban J connectivity index is 1.73. The number of ether oxygens (including phenoxy) is 1. The first-order valence-electron chi connectivity index (χ1n) is 9.52. The molecule has 1 atom stereocenters. The molecule has 0 fully saturated rings. The van der Waals surface area contributed by atoms with Gasteiger partial charge in [-0.15, -0.1) is 0 Å². The lowest BCUT2D eigenvalue weighted by molar-refractivity contribution is -0.123. The van der Waals surface area contributed by atoms with Crippen molar-refractivity contribution in [2.75, 3.05) is 5.32 Å². The van der Waals surface area contributed by atoms with Crippen molar-refractivity contribution in [2.45, 2.75) is 33.8 Å². The second-order valence-electron chi connectivity index (χ2n) is 6.97. The largest absolute Gasteiger partial charge is 0.449 e. The first kappa shape index (κ1) is 21.0. The predicted octanol–water partition coefficient (Wildman–Crippen LogP) is 3.88. The number of carbonyl (C=O) groups is 3. The lowest BCUT2D eigenvalue weighted by atomic mass is 10.1. The van der Waals surface area contributed by atoms with Gasteiger partial charge in [0.05, 0.1) is 17.1 Å². The smallest absolute Gasteiger partial charge is 0.342 e. The van der Waals surface area contributed by atoms with Crippen LogP contribution in [0.1, 0.15) is 46.0 Å². The van der Waals surface area contributed by atoms with E-state index in [1.54, 1.807) is 42.8 Å². The molecule has 2 aromatic carbocycles. The summed E-state index contributed by atoms with van der Waals surface area (Å²) in [5, 5.41) is 7.10. The number of Topliss-reactive ketones (excluding diaryl/α,β-unsaturated/α-hetero) is 1. The van der Waals surface area contributed by atoms with Crippen LogP contribution in [0, 0.1) is 13.8 Å². The molecule has 0 aliphatic rings. The van der Waals surface area contributed by atoms with E-state index in [2.05, 4.69) is 10.4 Å². The summed E-state index contributed by atoms with van der Waals surface area (Å²) in [6.07, 6.45) is -1.03. The van der Waals surface area contributed by atoms with E-state index < -0.39 is 18.0 Å². The van der Waals surface area contributed by atoms with E-state index >= 15 is 0 Å². The van der Waals surface area contributed by atoms with E-state index in [9.17, 15) is 14.4 Å². The van der Waals surface area contributed by atoms with Crippen molar-refractivity contribution in [1.82, 2.24) is 9.78 Å². The quantitative estimate of drug-likeness (QED) is 0.497. The molecular formula is C23H23N3O4. The number of nitrogens with one attached hydrogen (secondary N) is 1. The van der Waals surface area contributed by atoms with Gasteiger partial charge >= 0.3 is 5.97 Å². The van der Waals surface area contributed by atoms with Crippen LogP contribution in [0.3, 0.4) is 0 Å². The Morgan fingerprint density at radius 1 is 1.03 bits per heavy atom. The zero-order valence-electron chi connectivity index (χ0n) is 17.3. The Morgan fingerprint density at radius 2 is 1.73 bits per heavy atom. The Bertz CT molecular complexity index is 1100. The molecule has 1 N–H and O–H groups in total. The van der Waals surface area contributed by atoms with Crippen molar-refractivity contribution >= 4 is 23.3 Å². The molecule has 1 aromatic heterocycles. The first-order valence-corrected chi connectivity index (χ1v) is 9.52. The van der Waals surface area contributed by atoms with Gasteiger partial charge in [0.25, 0.3) is 5.91 Å². The van der Waals surface area contributed by atoms with Crippen molar-refractivity contribution in [3.63, 3.8) is 0 Å². The average Bonchev–Trinajstić information content (AvgIpc) is 3.02. The van der Waals surface area contributed by atoms with Gasteiger partial charge in [0, 0.05) is 11.3 Å². The lowest BCUT2D eigenvalue weighted by Crippen LogP contribution is -2.30. The van der Waals surface area contributed by atoms with Gasteiger partial charge < -0.3 is 10.1 Å². The average molecular weight is 405 g/mol. The molecule has 0 saturated heterocycles. The summed E-state index contributed by atoms with van der Waals surface area (Å²) >= 11 is 0. The van der Waals surface area contributed by atoms with Crippen LogP contribution in [-0.2, 0) is 9.53 Å². The Hall–Kier alpha value is -3.74. The van der Waals surface area contributed by atoms with Crippen LogP contribution in [0.4, 0.5) is 5.69 Å². The van der Waals surface area contributed by atoms with Crippen LogP contribution in [0.5, 0.6) is 0 Å². The third-order valence-electron chi connectivity index (χ3n) is 4.69. The van der Waals surface area contributed by atoms with Gasteiger partial charge in [0.1, 0.15) is 5.56 Å². The van der Waals surface area contributed by atoms with Crippen molar-refractivity contribution in [3.8, 4) is 5.69 Å². The Kier molecular flexibility index (Phi) is 6.11. The molecule has 0 aliphatic carbocycles. The van der Waals surface area contributed by atoms with E-state index in [1.807, 2.05) is 30.3 Å². The van der Waals surface area contributed by atoms with Crippen molar-refractivity contribution < 1.29 is 19.1 Å². The van der Waals surface area contributed by atoms with E-state index in [0.717, 1.165) is 5.69 Å². The summed E-state index contributed by atoms with van der Waals surface area (Å²) in [6, 6.07) is 16.0. The second-order valence-corrected chi connectivity index (χ2v) is 6.97. The highest BCUT2D eigenvalue weighted by Crippen LogP contribution is 2.20. The molecule has 3 aromatic rings. The highest BCUT2D eigenvalue weighted by molar-refractivity contribution is 6.00. The highest BCUT2D eigenvalue weighted by Gasteiger charge is 2.25. The molecule has 0 spiro atoms. The molecule has 154 valence electrons. The molecule has 1 amide bonds. The molecule has 0 radical (unpaired) electrons. The number of benzene rings is 2. The van der Waals surface area contributed by atoms with Gasteiger partial charge in [-0.1, -0.05) is 30.3 Å². The van der Waals surface area contributed by atoms with Crippen LogP contribution in [-0.4, -0.2) is 33.5 Å². The number of aromatic nitrogens is 2. The molecule has 7 nitrogen and oxygen atoms in total. The fourth-order valence-electron chi connectivity index (χ4n) is 3.09. The van der Waals surface area contributed by atoms with Gasteiger partial charge in [-0.25, -0.2) is 9.48 Å². The van der Waals surface area contributed by atoms with Crippen LogP contribution < -0.4 is 5.32 Å². The topological polar surface area (TPSA) is 90.3 Å².